The standard InChI is InChI=1S/C36H61NO5/c1-31(2)14-16-36-17-15-34(6)24(29(36)30(31)41-23-36)8-9-26-33(5)12-11-27(32(3,4)25(33)10-13-35(26,34)7)42-28(40)22-37(18-20-38)19-21-39/h24-27,29-30,38-39H,8-23H2,1-7H3/p+1/t24-,25+,26-,27+,29+,30-,33+,34-,35-,36-/m1/s1. The molecule has 0 amide bonds. The molecular formula is C36H62NO5+. The molecule has 0 aromatic rings. The Hall–Kier alpha value is -0.690. The van der Waals surface area contributed by atoms with Crippen molar-refractivity contribution in [2.75, 3.05) is 39.5 Å². The fourth-order valence-electron chi connectivity index (χ4n) is 13.2. The molecule has 1 aliphatic heterocycles. The second kappa shape index (κ2) is 10.4. The molecule has 3 N–H and O–H groups in total. The van der Waals surface area contributed by atoms with E-state index in [0.29, 0.717) is 52.7 Å². The first-order chi connectivity index (χ1) is 19.7. The zero-order chi connectivity index (χ0) is 30.3. The van der Waals surface area contributed by atoms with Gasteiger partial charge in [0.15, 0.2) is 6.54 Å². The molecule has 1 saturated heterocycles. The third kappa shape index (κ3) is 4.34. The van der Waals surface area contributed by atoms with Crippen molar-refractivity contribution in [2.45, 2.75) is 125 Å². The zero-order valence-electron chi connectivity index (χ0n) is 27.9. The van der Waals surface area contributed by atoms with Gasteiger partial charge < -0.3 is 24.6 Å². The van der Waals surface area contributed by atoms with Gasteiger partial charge in [0.2, 0.25) is 0 Å². The van der Waals surface area contributed by atoms with Gasteiger partial charge in [-0.2, -0.15) is 0 Å². The first-order valence-corrected chi connectivity index (χ1v) is 17.5. The molecule has 6 heteroatoms. The number of hydrogen-bond acceptors (Lipinski definition) is 5. The summed E-state index contributed by atoms with van der Waals surface area (Å²) in [5.41, 5.74) is 1.60. The second-order valence-corrected chi connectivity index (χ2v) is 18.0. The van der Waals surface area contributed by atoms with Crippen LogP contribution in [-0.4, -0.2) is 67.8 Å². The molecule has 6 nitrogen and oxygen atoms in total. The molecule has 0 radical (unpaired) electrons. The van der Waals surface area contributed by atoms with Crippen LogP contribution in [0.15, 0.2) is 0 Å². The van der Waals surface area contributed by atoms with E-state index in [4.69, 9.17) is 9.47 Å². The Morgan fingerprint density at radius 3 is 2.19 bits per heavy atom. The highest BCUT2D eigenvalue weighted by Gasteiger charge is 2.73. The summed E-state index contributed by atoms with van der Waals surface area (Å²) < 4.78 is 13.0. The highest BCUT2D eigenvalue weighted by molar-refractivity contribution is 5.70. The Labute approximate surface area is 255 Å². The van der Waals surface area contributed by atoms with Crippen LogP contribution in [-0.2, 0) is 14.3 Å². The number of nitrogens with one attached hydrogen (secondary N) is 1. The van der Waals surface area contributed by atoms with E-state index in [0.717, 1.165) is 36.2 Å². The summed E-state index contributed by atoms with van der Waals surface area (Å²) in [4.78, 5) is 14.0. The maximum absolute atomic E-state index is 13.1. The summed E-state index contributed by atoms with van der Waals surface area (Å²) in [6.07, 6.45) is 13.0. The van der Waals surface area contributed by atoms with E-state index in [2.05, 4.69) is 48.5 Å². The highest BCUT2D eigenvalue weighted by atomic mass is 16.5. The molecule has 2 bridgehead atoms. The SMILES string of the molecule is CC1(C)CC[C@]23CC[C@]4(C)[C@H](CC[C@@H]5[C@@]6(C)CC[C@H](OC(=O)C[NH+](CCO)CCO)C(C)(C)[C@@H]6CC[C@]54C)[C@H]2[C@H]1OC3. The van der Waals surface area contributed by atoms with Crippen LogP contribution in [0, 0.1) is 56.2 Å². The van der Waals surface area contributed by atoms with Crippen LogP contribution >= 0.6 is 0 Å². The summed E-state index contributed by atoms with van der Waals surface area (Å²) in [6, 6.07) is 0. The quantitative estimate of drug-likeness (QED) is 0.377. The molecular weight excluding hydrogens is 526 g/mol. The number of esters is 1. The van der Waals surface area contributed by atoms with Gasteiger partial charge in [-0.05, 0) is 115 Å². The number of hydrogen-bond donors (Lipinski definition) is 3. The molecule has 0 aromatic carbocycles. The number of quaternary nitrogens is 1. The molecule has 6 rings (SSSR count). The summed E-state index contributed by atoms with van der Waals surface area (Å²) in [6.45, 7) is 19.9. The summed E-state index contributed by atoms with van der Waals surface area (Å²) in [7, 11) is 0. The van der Waals surface area contributed by atoms with E-state index >= 15 is 0 Å². The van der Waals surface area contributed by atoms with Crippen molar-refractivity contribution < 1.29 is 29.4 Å². The number of carbonyl (C=O) groups is 1. The normalized spacial score (nSPS) is 48.5. The van der Waals surface area contributed by atoms with Gasteiger partial charge in [0.05, 0.1) is 25.9 Å². The van der Waals surface area contributed by atoms with Gasteiger partial charge in [-0.25, -0.2) is 4.79 Å². The predicted molar refractivity (Wildman–Crippen MR) is 164 cm³/mol. The van der Waals surface area contributed by atoms with Crippen molar-refractivity contribution in [1.82, 2.24) is 0 Å². The van der Waals surface area contributed by atoms with Gasteiger partial charge in [0, 0.05) is 5.41 Å². The van der Waals surface area contributed by atoms with Crippen molar-refractivity contribution in [3.8, 4) is 0 Å². The third-order valence-electron chi connectivity index (χ3n) is 15.7. The van der Waals surface area contributed by atoms with Crippen molar-refractivity contribution in [1.29, 1.82) is 0 Å². The van der Waals surface area contributed by atoms with Crippen molar-refractivity contribution in [3.63, 3.8) is 0 Å². The molecule has 6 aliphatic rings. The minimum atomic E-state index is -0.189. The molecule has 6 fully saturated rings. The first-order valence-electron chi connectivity index (χ1n) is 17.5. The monoisotopic (exact) mass is 588 g/mol. The number of ether oxygens (including phenoxy) is 2. The lowest BCUT2D eigenvalue weighted by atomic mass is 9.31. The topological polar surface area (TPSA) is 80.4 Å². The van der Waals surface area contributed by atoms with Gasteiger partial charge in [0.1, 0.15) is 19.2 Å². The van der Waals surface area contributed by atoms with Crippen LogP contribution in [0.1, 0.15) is 113 Å². The van der Waals surface area contributed by atoms with Crippen LogP contribution in [0.5, 0.6) is 0 Å². The number of rotatable bonds is 7. The first kappa shape index (κ1) is 31.3. The Balaban J connectivity index is 1.22. The van der Waals surface area contributed by atoms with Gasteiger partial charge in [-0.15, -0.1) is 0 Å². The lowest BCUT2D eigenvalue weighted by Crippen LogP contribution is -3.14. The van der Waals surface area contributed by atoms with Crippen LogP contribution < -0.4 is 4.90 Å². The van der Waals surface area contributed by atoms with Crippen LogP contribution in [0.4, 0.5) is 0 Å². The molecule has 0 unspecified atom stereocenters. The molecule has 10 atom stereocenters. The predicted octanol–water partition coefficient (Wildman–Crippen LogP) is 4.66. The Bertz CT molecular complexity index is 1040. The van der Waals surface area contributed by atoms with Crippen molar-refractivity contribution in [3.05, 3.63) is 0 Å². The molecule has 0 spiro atoms. The average Bonchev–Trinajstić information content (AvgIpc) is 3.25. The molecule has 240 valence electrons. The van der Waals surface area contributed by atoms with Crippen LogP contribution in [0.25, 0.3) is 0 Å². The Morgan fingerprint density at radius 2 is 1.50 bits per heavy atom. The average molecular weight is 589 g/mol. The van der Waals surface area contributed by atoms with Crippen LogP contribution in [0.3, 0.4) is 0 Å². The Morgan fingerprint density at radius 1 is 0.810 bits per heavy atom. The number of aliphatic hydroxyl groups excluding tert-OH is 2. The fraction of sp³-hybridized carbons (Fsp3) is 0.972. The van der Waals surface area contributed by atoms with E-state index in [1.54, 1.807) is 0 Å². The molecule has 5 aliphatic carbocycles. The highest BCUT2D eigenvalue weighted by Crippen LogP contribution is 2.78. The largest absolute Gasteiger partial charge is 0.458 e. The van der Waals surface area contributed by atoms with Gasteiger partial charge in [-0.3, -0.25) is 0 Å². The van der Waals surface area contributed by atoms with E-state index in [1.165, 1.54) is 51.4 Å². The van der Waals surface area contributed by atoms with Gasteiger partial charge >= 0.3 is 5.97 Å². The smallest absolute Gasteiger partial charge is 0.362 e. The summed E-state index contributed by atoms with van der Waals surface area (Å²) in [5.74, 6) is 2.56. The maximum Gasteiger partial charge on any atom is 0.362 e. The minimum absolute atomic E-state index is 0.00503. The van der Waals surface area contributed by atoms with E-state index in [1.807, 2.05) is 0 Å². The van der Waals surface area contributed by atoms with E-state index in [-0.39, 0.29) is 42.7 Å². The fourth-order valence-corrected chi connectivity index (χ4v) is 13.2. The third-order valence-corrected chi connectivity index (χ3v) is 15.7. The molecule has 42 heavy (non-hydrogen) atoms. The number of fused-ring (bicyclic) bond motifs is 5. The van der Waals surface area contributed by atoms with E-state index < -0.39 is 0 Å². The van der Waals surface area contributed by atoms with Gasteiger partial charge in [-0.1, -0.05) is 48.5 Å². The summed E-state index contributed by atoms with van der Waals surface area (Å²) >= 11 is 0. The van der Waals surface area contributed by atoms with Crippen molar-refractivity contribution in [2.24, 2.45) is 56.2 Å². The number of carbonyl (C=O) groups excluding carboxylic acids is 1. The minimum Gasteiger partial charge on any atom is -0.458 e. The molecule has 0 aromatic heterocycles. The molecule has 1 heterocycles. The van der Waals surface area contributed by atoms with Gasteiger partial charge in [0.25, 0.3) is 0 Å². The number of aliphatic hydroxyl groups is 2. The zero-order valence-corrected chi connectivity index (χ0v) is 27.9. The van der Waals surface area contributed by atoms with E-state index in [9.17, 15) is 15.0 Å². The second-order valence-electron chi connectivity index (χ2n) is 18.0. The lowest BCUT2D eigenvalue weighted by molar-refractivity contribution is -0.893. The van der Waals surface area contributed by atoms with Crippen LogP contribution in [0.2, 0.25) is 0 Å². The summed E-state index contributed by atoms with van der Waals surface area (Å²) in [5, 5.41) is 18.8. The maximum atomic E-state index is 13.1. The van der Waals surface area contributed by atoms with Crippen molar-refractivity contribution >= 4 is 5.97 Å². The molecule has 5 saturated carbocycles. The lowest BCUT2D eigenvalue weighted by Gasteiger charge is -2.73. The Kier molecular flexibility index (Phi) is 7.77.